The number of aliphatic hydroxyl groups is 1. The van der Waals surface area contributed by atoms with Crippen LogP contribution in [0, 0.1) is 6.92 Å². The van der Waals surface area contributed by atoms with Gasteiger partial charge in [-0.2, -0.15) is 11.3 Å². The van der Waals surface area contributed by atoms with Gasteiger partial charge in [-0.3, -0.25) is 0 Å². The van der Waals surface area contributed by atoms with E-state index in [-0.39, 0.29) is 0 Å². The monoisotopic (exact) mass is 277 g/mol. The summed E-state index contributed by atoms with van der Waals surface area (Å²) in [4.78, 5) is 0. The molecule has 0 saturated carbocycles. The largest absolute Gasteiger partial charge is 0.507 e. The highest BCUT2D eigenvalue weighted by Gasteiger charge is 2.22. The molecule has 0 fully saturated rings. The molecule has 4 heteroatoms. The van der Waals surface area contributed by atoms with Crippen LogP contribution in [0.15, 0.2) is 35.0 Å². The average Bonchev–Trinajstić information content (AvgIpc) is 2.89. The Morgan fingerprint density at radius 1 is 1.32 bits per heavy atom. The van der Waals surface area contributed by atoms with Crippen LogP contribution in [0.4, 0.5) is 0 Å². The number of benzene rings is 1. The summed E-state index contributed by atoms with van der Waals surface area (Å²) in [5.74, 6) is 0.324. The molecule has 0 amide bonds. The van der Waals surface area contributed by atoms with E-state index in [9.17, 15) is 10.2 Å². The van der Waals surface area contributed by atoms with Gasteiger partial charge in [-0.25, -0.2) is 0 Å². The van der Waals surface area contributed by atoms with Crippen molar-refractivity contribution in [2.75, 3.05) is 6.54 Å². The number of nitrogens with one attached hydrogen (secondary N) is 1. The van der Waals surface area contributed by atoms with Crippen LogP contribution in [0.1, 0.15) is 23.6 Å². The van der Waals surface area contributed by atoms with Gasteiger partial charge in [0.1, 0.15) is 5.75 Å². The summed E-state index contributed by atoms with van der Waals surface area (Å²) < 4.78 is 0. The van der Waals surface area contributed by atoms with Crippen LogP contribution in [0.2, 0.25) is 0 Å². The normalized spacial score (nSPS) is 14.3. The fourth-order valence-electron chi connectivity index (χ4n) is 1.98. The molecular formula is C15H19NO2S. The molecule has 3 nitrogen and oxygen atoms in total. The number of aryl methyl sites for hydroxylation is 1. The van der Waals surface area contributed by atoms with Gasteiger partial charge in [-0.15, -0.1) is 0 Å². The van der Waals surface area contributed by atoms with Gasteiger partial charge < -0.3 is 15.5 Å². The maximum Gasteiger partial charge on any atom is 0.122 e. The number of phenolic OH excluding ortho intramolecular Hbond substituents is 1. The molecule has 19 heavy (non-hydrogen) atoms. The molecule has 1 atom stereocenters. The first-order valence-corrected chi connectivity index (χ1v) is 7.18. The molecule has 1 unspecified atom stereocenters. The Hall–Kier alpha value is -1.36. The smallest absolute Gasteiger partial charge is 0.122 e. The molecule has 102 valence electrons. The molecule has 1 aromatic carbocycles. The van der Waals surface area contributed by atoms with Crippen LogP contribution in [0.25, 0.3) is 0 Å². The van der Waals surface area contributed by atoms with Crippen molar-refractivity contribution in [1.82, 2.24) is 5.32 Å². The maximum atomic E-state index is 10.4. The van der Waals surface area contributed by atoms with Gasteiger partial charge in [0.15, 0.2) is 0 Å². The van der Waals surface area contributed by atoms with E-state index in [0.29, 0.717) is 18.8 Å². The molecule has 1 heterocycles. The first kappa shape index (κ1) is 14.1. The predicted molar refractivity (Wildman–Crippen MR) is 78.4 cm³/mol. The van der Waals surface area contributed by atoms with Crippen molar-refractivity contribution in [2.24, 2.45) is 0 Å². The molecule has 0 saturated heterocycles. The van der Waals surface area contributed by atoms with Crippen LogP contribution in [0.5, 0.6) is 5.75 Å². The van der Waals surface area contributed by atoms with E-state index in [1.807, 2.05) is 41.9 Å². The fourth-order valence-corrected chi connectivity index (χ4v) is 2.76. The van der Waals surface area contributed by atoms with Gasteiger partial charge in [0.2, 0.25) is 0 Å². The summed E-state index contributed by atoms with van der Waals surface area (Å²) >= 11 is 1.57. The first-order valence-electron chi connectivity index (χ1n) is 6.24. The van der Waals surface area contributed by atoms with Gasteiger partial charge >= 0.3 is 0 Å². The van der Waals surface area contributed by atoms with Crippen molar-refractivity contribution in [3.05, 3.63) is 51.7 Å². The highest BCUT2D eigenvalue weighted by atomic mass is 32.1. The standard InChI is InChI=1S/C15H19NO2S/c1-11-4-3-5-12(14(11)17)8-16-10-15(2,18)13-6-7-19-9-13/h3-7,9,16-18H,8,10H2,1-2H3. The second kappa shape index (κ2) is 5.74. The Morgan fingerprint density at radius 3 is 2.79 bits per heavy atom. The molecule has 0 aliphatic carbocycles. The van der Waals surface area contributed by atoms with E-state index in [4.69, 9.17) is 0 Å². The zero-order chi connectivity index (χ0) is 13.9. The summed E-state index contributed by atoms with van der Waals surface area (Å²) in [6.45, 7) is 4.64. The minimum atomic E-state index is -0.889. The summed E-state index contributed by atoms with van der Waals surface area (Å²) in [7, 11) is 0. The van der Waals surface area contributed by atoms with Crippen LogP contribution in [-0.2, 0) is 12.1 Å². The molecule has 0 bridgehead atoms. The number of hydrogen-bond acceptors (Lipinski definition) is 4. The molecular weight excluding hydrogens is 258 g/mol. The van der Waals surface area contributed by atoms with Crippen LogP contribution >= 0.6 is 11.3 Å². The Balaban J connectivity index is 1.95. The van der Waals surface area contributed by atoms with Gasteiger partial charge in [0, 0.05) is 18.7 Å². The van der Waals surface area contributed by atoms with E-state index < -0.39 is 5.60 Å². The second-order valence-corrected chi connectivity index (χ2v) is 5.75. The van der Waals surface area contributed by atoms with Crippen molar-refractivity contribution in [3.8, 4) is 5.75 Å². The lowest BCUT2D eigenvalue weighted by Crippen LogP contribution is -2.34. The maximum absolute atomic E-state index is 10.4. The Labute approximate surface area is 117 Å². The van der Waals surface area contributed by atoms with Crippen molar-refractivity contribution in [1.29, 1.82) is 0 Å². The molecule has 3 N–H and O–H groups in total. The number of para-hydroxylation sites is 1. The van der Waals surface area contributed by atoms with Gasteiger partial charge in [-0.05, 0) is 41.8 Å². The van der Waals surface area contributed by atoms with Gasteiger partial charge in [0.25, 0.3) is 0 Å². The van der Waals surface area contributed by atoms with E-state index in [1.165, 1.54) is 0 Å². The highest BCUT2D eigenvalue weighted by Crippen LogP contribution is 2.24. The average molecular weight is 277 g/mol. The Bertz CT molecular complexity index is 535. The highest BCUT2D eigenvalue weighted by molar-refractivity contribution is 7.08. The lowest BCUT2D eigenvalue weighted by Gasteiger charge is -2.23. The van der Waals surface area contributed by atoms with Crippen molar-refractivity contribution < 1.29 is 10.2 Å². The molecule has 1 aromatic heterocycles. The van der Waals surface area contributed by atoms with Gasteiger partial charge in [0.05, 0.1) is 5.60 Å². The Morgan fingerprint density at radius 2 is 2.11 bits per heavy atom. The molecule has 0 radical (unpaired) electrons. The zero-order valence-corrected chi connectivity index (χ0v) is 12.0. The first-order chi connectivity index (χ1) is 9.00. The minimum Gasteiger partial charge on any atom is -0.507 e. The third-order valence-corrected chi connectivity index (χ3v) is 3.93. The molecule has 0 aliphatic rings. The second-order valence-electron chi connectivity index (χ2n) is 4.97. The fraction of sp³-hybridized carbons (Fsp3) is 0.333. The Kier molecular flexibility index (Phi) is 4.24. The topological polar surface area (TPSA) is 52.5 Å². The molecule has 2 rings (SSSR count). The number of rotatable bonds is 5. The minimum absolute atomic E-state index is 0.324. The third kappa shape index (κ3) is 3.35. The summed E-state index contributed by atoms with van der Waals surface area (Å²) in [6.07, 6.45) is 0. The lowest BCUT2D eigenvalue weighted by atomic mass is 9.99. The molecule has 0 spiro atoms. The number of phenols is 1. The third-order valence-electron chi connectivity index (χ3n) is 3.25. The van der Waals surface area contributed by atoms with E-state index in [0.717, 1.165) is 16.7 Å². The van der Waals surface area contributed by atoms with Crippen molar-refractivity contribution in [2.45, 2.75) is 26.0 Å². The van der Waals surface area contributed by atoms with Crippen molar-refractivity contribution in [3.63, 3.8) is 0 Å². The lowest BCUT2D eigenvalue weighted by molar-refractivity contribution is 0.0570. The van der Waals surface area contributed by atoms with Crippen LogP contribution in [0.3, 0.4) is 0 Å². The summed E-state index contributed by atoms with van der Waals surface area (Å²) in [5, 5.41) is 27.4. The molecule has 2 aromatic rings. The molecule has 0 aliphatic heterocycles. The summed E-state index contributed by atoms with van der Waals surface area (Å²) in [6, 6.07) is 7.61. The van der Waals surface area contributed by atoms with Gasteiger partial charge in [-0.1, -0.05) is 18.2 Å². The van der Waals surface area contributed by atoms with Crippen molar-refractivity contribution >= 4 is 11.3 Å². The number of aromatic hydroxyl groups is 1. The van der Waals surface area contributed by atoms with E-state index in [1.54, 1.807) is 18.3 Å². The zero-order valence-electron chi connectivity index (χ0n) is 11.2. The van der Waals surface area contributed by atoms with E-state index >= 15 is 0 Å². The van der Waals surface area contributed by atoms with E-state index in [2.05, 4.69) is 5.32 Å². The number of thiophene rings is 1. The predicted octanol–water partition coefficient (Wildman–Crippen LogP) is 2.76. The van der Waals surface area contributed by atoms with Crippen LogP contribution in [-0.4, -0.2) is 16.8 Å². The summed E-state index contributed by atoms with van der Waals surface area (Å²) in [5.41, 5.74) is 1.74. The number of hydrogen-bond donors (Lipinski definition) is 3. The SMILES string of the molecule is Cc1cccc(CNCC(C)(O)c2ccsc2)c1O. The quantitative estimate of drug-likeness (QED) is 0.787. The van der Waals surface area contributed by atoms with Crippen LogP contribution < -0.4 is 5.32 Å².